The van der Waals surface area contributed by atoms with E-state index in [0.29, 0.717) is 0 Å². The second-order valence-corrected chi connectivity index (χ2v) is 4.87. The van der Waals surface area contributed by atoms with Crippen LogP contribution in [0.2, 0.25) is 0 Å². The van der Waals surface area contributed by atoms with Gasteiger partial charge in [0, 0.05) is 11.8 Å². The highest BCUT2D eigenvalue weighted by Gasteiger charge is 2.29. The van der Waals surface area contributed by atoms with Crippen molar-refractivity contribution in [3.8, 4) is 11.4 Å². The molecule has 0 fully saturated rings. The highest BCUT2D eigenvalue weighted by molar-refractivity contribution is 5.90. The van der Waals surface area contributed by atoms with Crippen molar-refractivity contribution in [2.45, 2.75) is 13.1 Å². The third-order valence-corrected chi connectivity index (χ3v) is 3.24. The number of benzene rings is 1. The molecule has 0 radical (unpaired) electrons. The van der Waals surface area contributed by atoms with E-state index in [1.54, 1.807) is 6.07 Å². The maximum absolute atomic E-state index is 12.4. The summed E-state index contributed by atoms with van der Waals surface area (Å²) in [4.78, 5) is 23.9. The molecule has 1 aromatic carbocycles. The molecule has 0 aliphatic carbocycles. The van der Waals surface area contributed by atoms with E-state index in [4.69, 9.17) is 4.74 Å². The maximum Gasteiger partial charge on any atom is 0.422 e. The van der Waals surface area contributed by atoms with Crippen molar-refractivity contribution < 1.29 is 27.4 Å². The smallest absolute Gasteiger partial charge is 0.422 e. The number of methoxy groups -OCH3 is 1. The minimum atomic E-state index is -4.51. The number of alkyl halides is 3. The number of ether oxygens (including phenoxy) is 2. The molecule has 128 valence electrons. The first-order valence-electron chi connectivity index (χ1n) is 6.84. The average Bonchev–Trinajstić information content (AvgIpc) is 2.52. The predicted octanol–water partition coefficient (Wildman–Crippen LogP) is 2.87. The van der Waals surface area contributed by atoms with E-state index < -0.39 is 24.3 Å². The van der Waals surface area contributed by atoms with Crippen LogP contribution in [-0.4, -0.2) is 30.4 Å². The summed E-state index contributed by atoms with van der Waals surface area (Å²) in [7, 11) is 1.19. The highest BCUT2D eigenvalue weighted by atomic mass is 19.4. The summed E-state index contributed by atoms with van der Waals surface area (Å²) in [6.07, 6.45) is -4.51. The first kappa shape index (κ1) is 17.6. The Labute approximate surface area is 135 Å². The Kier molecular flexibility index (Phi) is 4.96. The first-order valence-corrected chi connectivity index (χ1v) is 6.84. The Morgan fingerprint density at radius 2 is 1.83 bits per heavy atom. The number of rotatable bonds is 4. The summed E-state index contributed by atoms with van der Waals surface area (Å²) >= 11 is 0. The number of hydrogen-bond donors (Lipinski definition) is 0. The zero-order valence-electron chi connectivity index (χ0n) is 12.9. The van der Waals surface area contributed by atoms with Crippen LogP contribution in [0.15, 0.2) is 41.2 Å². The fourth-order valence-corrected chi connectivity index (χ4v) is 2.18. The number of pyridine rings is 1. The Bertz CT molecular complexity index is 812. The van der Waals surface area contributed by atoms with Crippen molar-refractivity contribution in [1.29, 1.82) is 0 Å². The van der Waals surface area contributed by atoms with E-state index >= 15 is 0 Å². The molecule has 0 aliphatic rings. The Morgan fingerprint density at radius 3 is 2.46 bits per heavy atom. The monoisotopic (exact) mass is 341 g/mol. The zero-order chi connectivity index (χ0) is 17.9. The molecule has 0 amide bonds. The third-order valence-electron chi connectivity index (χ3n) is 3.24. The molecule has 2 rings (SSSR count). The third kappa shape index (κ3) is 3.76. The lowest BCUT2D eigenvalue weighted by Crippen LogP contribution is -2.24. The van der Waals surface area contributed by atoms with Gasteiger partial charge in [0.05, 0.1) is 18.4 Å². The largest absolute Gasteiger partial charge is 0.482 e. The average molecular weight is 341 g/mol. The molecule has 2 aromatic rings. The molecule has 0 spiro atoms. The highest BCUT2D eigenvalue weighted by Crippen LogP contribution is 2.26. The fraction of sp³-hybridized carbons (Fsp3) is 0.250. The van der Waals surface area contributed by atoms with E-state index in [1.165, 1.54) is 38.3 Å². The number of para-hydroxylation sites is 2. The van der Waals surface area contributed by atoms with Crippen molar-refractivity contribution in [2.24, 2.45) is 0 Å². The van der Waals surface area contributed by atoms with Gasteiger partial charge in [0.1, 0.15) is 5.75 Å². The maximum atomic E-state index is 12.4. The van der Waals surface area contributed by atoms with Crippen LogP contribution in [-0.2, 0) is 4.74 Å². The molecular weight excluding hydrogens is 327 g/mol. The molecule has 24 heavy (non-hydrogen) atoms. The summed E-state index contributed by atoms with van der Waals surface area (Å²) in [6, 6.07) is 8.23. The molecule has 0 bridgehead atoms. The lowest BCUT2D eigenvalue weighted by Gasteiger charge is -2.17. The molecule has 1 heterocycles. The Morgan fingerprint density at radius 1 is 1.17 bits per heavy atom. The molecular formula is C16H14F3NO4. The van der Waals surface area contributed by atoms with Crippen molar-refractivity contribution in [2.75, 3.05) is 13.7 Å². The Hall–Kier alpha value is -2.77. The van der Waals surface area contributed by atoms with Crippen LogP contribution in [0.25, 0.3) is 5.69 Å². The summed E-state index contributed by atoms with van der Waals surface area (Å²) in [5.41, 5.74) is -0.0432. The molecule has 0 saturated heterocycles. The SMILES string of the molecule is COC(=O)c1ccc(=O)n(-c2ccccc2OCC(F)(F)F)c1C. The topological polar surface area (TPSA) is 57.5 Å². The second-order valence-electron chi connectivity index (χ2n) is 4.87. The van der Waals surface area contributed by atoms with Crippen LogP contribution < -0.4 is 10.3 Å². The number of carbonyl (C=O) groups is 1. The van der Waals surface area contributed by atoms with Crippen molar-refractivity contribution in [1.82, 2.24) is 4.57 Å². The van der Waals surface area contributed by atoms with Gasteiger partial charge < -0.3 is 9.47 Å². The van der Waals surface area contributed by atoms with Gasteiger partial charge in [-0.1, -0.05) is 12.1 Å². The number of hydrogen-bond acceptors (Lipinski definition) is 4. The number of carbonyl (C=O) groups excluding carboxylic acids is 1. The molecule has 0 saturated carbocycles. The van der Waals surface area contributed by atoms with E-state index in [2.05, 4.69) is 4.74 Å². The normalized spacial score (nSPS) is 11.2. The predicted molar refractivity (Wildman–Crippen MR) is 79.7 cm³/mol. The van der Waals surface area contributed by atoms with Gasteiger partial charge in [-0.3, -0.25) is 9.36 Å². The van der Waals surface area contributed by atoms with Gasteiger partial charge in [0.2, 0.25) is 0 Å². The molecule has 8 heteroatoms. The van der Waals surface area contributed by atoms with Crippen LogP contribution in [0.1, 0.15) is 16.1 Å². The van der Waals surface area contributed by atoms with Crippen molar-refractivity contribution in [3.63, 3.8) is 0 Å². The lowest BCUT2D eigenvalue weighted by atomic mass is 10.1. The minimum absolute atomic E-state index is 0.106. The number of esters is 1. The molecule has 1 aromatic heterocycles. The van der Waals surface area contributed by atoms with Gasteiger partial charge >= 0.3 is 12.1 Å². The number of halogens is 3. The van der Waals surface area contributed by atoms with Gasteiger partial charge in [-0.25, -0.2) is 4.79 Å². The summed E-state index contributed by atoms with van der Waals surface area (Å²) in [5.74, 6) is -0.781. The first-order chi connectivity index (χ1) is 11.2. The van der Waals surface area contributed by atoms with Crippen LogP contribution in [0.5, 0.6) is 5.75 Å². The zero-order valence-corrected chi connectivity index (χ0v) is 12.9. The quantitative estimate of drug-likeness (QED) is 0.803. The van der Waals surface area contributed by atoms with E-state index in [9.17, 15) is 22.8 Å². The van der Waals surface area contributed by atoms with Gasteiger partial charge in [0.25, 0.3) is 5.56 Å². The molecule has 0 N–H and O–H groups in total. The Balaban J connectivity index is 2.57. The van der Waals surface area contributed by atoms with Gasteiger partial charge in [-0.2, -0.15) is 13.2 Å². The molecule has 0 unspecified atom stereocenters. The fourth-order valence-electron chi connectivity index (χ4n) is 2.18. The number of nitrogens with zero attached hydrogens (tertiary/aromatic N) is 1. The number of aromatic nitrogens is 1. The van der Waals surface area contributed by atoms with Crippen LogP contribution in [0, 0.1) is 6.92 Å². The lowest BCUT2D eigenvalue weighted by molar-refractivity contribution is -0.153. The van der Waals surface area contributed by atoms with Gasteiger partial charge in [-0.05, 0) is 25.1 Å². The molecule has 0 atom stereocenters. The van der Waals surface area contributed by atoms with Crippen LogP contribution in [0.4, 0.5) is 13.2 Å². The summed E-state index contributed by atoms with van der Waals surface area (Å²) in [6.45, 7) is 0.00267. The van der Waals surface area contributed by atoms with Crippen molar-refractivity contribution in [3.05, 3.63) is 58.0 Å². The molecule has 0 aliphatic heterocycles. The standard InChI is InChI=1S/C16H14F3NO4/c1-10-11(15(22)23-2)7-8-14(21)20(10)12-5-3-4-6-13(12)24-9-16(17,18)19/h3-8H,9H2,1-2H3. The van der Waals surface area contributed by atoms with E-state index in [0.717, 1.165) is 10.6 Å². The van der Waals surface area contributed by atoms with Crippen LogP contribution in [0.3, 0.4) is 0 Å². The van der Waals surface area contributed by atoms with Crippen LogP contribution >= 0.6 is 0 Å². The molecule has 5 nitrogen and oxygen atoms in total. The summed E-state index contributed by atoms with van der Waals surface area (Å²) < 4.78 is 47.7. The van der Waals surface area contributed by atoms with Gasteiger partial charge in [-0.15, -0.1) is 0 Å². The van der Waals surface area contributed by atoms with E-state index in [-0.39, 0.29) is 22.7 Å². The van der Waals surface area contributed by atoms with Crippen molar-refractivity contribution >= 4 is 5.97 Å². The minimum Gasteiger partial charge on any atom is -0.482 e. The summed E-state index contributed by atoms with van der Waals surface area (Å²) in [5, 5.41) is 0. The van der Waals surface area contributed by atoms with Gasteiger partial charge in [0.15, 0.2) is 6.61 Å². The second kappa shape index (κ2) is 6.77. The van der Waals surface area contributed by atoms with E-state index in [1.807, 2.05) is 0 Å².